The number of nitrogens with zero attached hydrogens (tertiary/aromatic N) is 3. The molecule has 1 unspecified atom stereocenters. The van der Waals surface area contributed by atoms with Crippen molar-refractivity contribution in [3.05, 3.63) is 29.7 Å². The van der Waals surface area contributed by atoms with Gasteiger partial charge >= 0.3 is 0 Å². The summed E-state index contributed by atoms with van der Waals surface area (Å²) in [6.07, 6.45) is 4.81. The highest BCUT2D eigenvalue weighted by atomic mass is 32.1. The van der Waals surface area contributed by atoms with Crippen LogP contribution in [0.1, 0.15) is 17.4 Å². The van der Waals surface area contributed by atoms with Crippen LogP contribution in [0.4, 0.5) is 0 Å². The van der Waals surface area contributed by atoms with E-state index in [9.17, 15) is 4.79 Å². The van der Waals surface area contributed by atoms with Gasteiger partial charge in [-0.2, -0.15) is 0 Å². The first-order chi connectivity index (χ1) is 9.20. The highest BCUT2D eigenvalue weighted by molar-refractivity contribution is 7.13. The molecule has 0 fully saturated rings. The first-order valence-corrected chi connectivity index (χ1v) is 6.60. The van der Waals surface area contributed by atoms with Crippen LogP contribution in [0.15, 0.2) is 24.0 Å². The van der Waals surface area contributed by atoms with Gasteiger partial charge in [0.15, 0.2) is 0 Å². The van der Waals surface area contributed by atoms with Crippen molar-refractivity contribution >= 4 is 17.2 Å². The number of amides is 1. The average molecular weight is 278 g/mol. The Balaban J connectivity index is 2.07. The molecule has 2 aromatic heterocycles. The predicted molar refractivity (Wildman–Crippen MR) is 71.9 cm³/mol. The molecule has 0 spiro atoms. The van der Waals surface area contributed by atoms with Crippen molar-refractivity contribution in [3.63, 3.8) is 0 Å². The van der Waals surface area contributed by atoms with E-state index in [2.05, 4.69) is 20.3 Å². The highest BCUT2D eigenvalue weighted by Gasteiger charge is 2.14. The van der Waals surface area contributed by atoms with E-state index < -0.39 is 0 Å². The van der Waals surface area contributed by atoms with Crippen LogP contribution in [-0.2, 0) is 4.74 Å². The lowest BCUT2D eigenvalue weighted by Gasteiger charge is -2.11. The molecule has 1 N–H and O–H groups in total. The molecule has 2 rings (SSSR count). The van der Waals surface area contributed by atoms with Crippen molar-refractivity contribution in [2.45, 2.75) is 13.0 Å². The fraction of sp³-hybridized carbons (Fsp3) is 0.333. The Bertz CT molecular complexity index is 544. The largest absolute Gasteiger partial charge is 0.383 e. The van der Waals surface area contributed by atoms with E-state index in [0.29, 0.717) is 23.0 Å². The lowest BCUT2D eigenvalue weighted by atomic mass is 10.3. The normalized spacial score (nSPS) is 12.1. The minimum absolute atomic E-state index is 0.0563. The van der Waals surface area contributed by atoms with E-state index in [1.807, 2.05) is 6.92 Å². The van der Waals surface area contributed by atoms with Crippen LogP contribution in [0.3, 0.4) is 0 Å². The van der Waals surface area contributed by atoms with Crippen molar-refractivity contribution in [1.29, 1.82) is 0 Å². The highest BCUT2D eigenvalue weighted by Crippen LogP contribution is 2.20. The average Bonchev–Trinajstić information content (AvgIpc) is 2.89. The number of nitrogens with one attached hydrogen (secondary N) is 1. The maximum absolute atomic E-state index is 11.9. The van der Waals surface area contributed by atoms with E-state index in [1.54, 1.807) is 31.1 Å². The molecule has 7 heteroatoms. The predicted octanol–water partition coefficient (Wildman–Crippen LogP) is 1.36. The lowest BCUT2D eigenvalue weighted by Crippen LogP contribution is -2.35. The van der Waals surface area contributed by atoms with Crippen LogP contribution in [0.5, 0.6) is 0 Å². The van der Waals surface area contributed by atoms with Gasteiger partial charge in [-0.25, -0.2) is 4.98 Å². The van der Waals surface area contributed by atoms with Crippen LogP contribution < -0.4 is 5.32 Å². The van der Waals surface area contributed by atoms with Gasteiger partial charge in [0.1, 0.15) is 16.4 Å². The molecule has 0 bridgehead atoms. The summed E-state index contributed by atoms with van der Waals surface area (Å²) in [4.78, 5) is 24.3. The number of hydrogen-bond acceptors (Lipinski definition) is 6. The van der Waals surface area contributed by atoms with Gasteiger partial charge in [-0.1, -0.05) is 0 Å². The fourth-order valence-electron chi connectivity index (χ4n) is 1.49. The van der Waals surface area contributed by atoms with Gasteiger partial charge in [-0.3, -0.25) is 14.8 Å². The Kier molecular flexibility index (Phi) is 4.53. The molecule has 6 nitrogen and oxygen atoms in total. The number of carbonyl (C=O) groups excluding carboxylic acids is 1. The minimum Gasteiger partial charge on any atom is -0.383 e. The summed E-state index contributed by atoms with van der Waals surface area (Å²) < 4.78 is 4.96. The van der Waals surface area contributed by atoms with E-state index >= 15 is 0 Å². The van der Waals surface area contributed by atoms with Crippen molar-refractivity contribution in [3.8, 4) is 10.7 Å². The zero-order valence-corrected chi connectivity index (χ0v) is 11.5. The molecule has 0 aliphatic rings. The Labute approximate surface area is 114 Å². The summed E-state index contributed by atoms with van der Waals surface area (Å²) in [6.45, 7) is 2.34. The first-order valence-electron chi connectivity index (χ1n) is 5.72. The number of rotatable bonds is 5. The smallest absolute Gasteiger partial charge is 0.271 e. The van der Waals surface area contributed by atoms with Crippen LogP contribution in [0.2, 0.25) is 0 Å². The molecule has 0 aromatic carbocycles. The molecule has 1 atom stereocenters. The summed E-state index contributed by atoms with van der Waals surface area (Å²) in [7, 11) is 1.59. The molecule has 19 heavy (non-hydrogen) atoms. The number of carbonyl (C=O) groups is 1. The van der Waals surface area contributed by atoms with Gasteiger partial charge < -0.3 is 10.1 Å². The van der Waals surface area contributed by atoms with E-state index in [4.69, 9.17) is 4.74 Å². The first kappa shape index (κ1) is 13.6. The van der Waals surface area contributed by atoms with E-state index in [0.717, 1.165) is 0 Å². The Morgan fingerprint density at radius 3 is 3.05 bits per heavy atom. The zero-order chi connectivity index (χ0) is 13.7. The summed E-state index contributed by atoms with van der Waals surface area (Å²) in [5.74, 6) is -0.212. The summed E-state index contributed by atoms with van der Waals surface area (Å²) in [5.41, 5.74) is 1.05. The SMILES string of the molecule is COCC(C)NC(=O)c1csc(-c2cnccn2)n1. The maximum Gasteiger partial charge on any atom is 0.271 e. The van der Waals surface area contributed by atoms with Gasteiger partial charge in [-0.15, -0.1) is 11.3 Å². The number of thiazole rings is 1. The summed E-state index contributed by atoms with van der Waals surface area (Å²) in [5, 5.41) is 5.19. The van der Waals surface area contributed by atoms with Crippen LogP contribution >= 0.6 is 11.3 Å². The molecule has 0 saturated carbocycles. The number of aromatic nitrogens is 3. The fourth-order valence-corrected chi connectivity index (χ4v) is 2.25. The molecule has 2 heterocycles. The standard InChI is InChI=1S/C12H14N4O2S/c1-8(6-18-2)15-11(17)10-7-19-12(16-10)9-5-13-3-4-14-9/h3-5,7-8H,6H2,1-2H3,(H,15,17). The Morgan fingerprint density at radius 1 is 1.53 bits per heavy atom. The second-order valence-electron chi connectivity index (χ2n) is 3.96. The van der Waals surface area contributed by atoms with Gasteiger partial charge in [0.25, 0.3) is 5.91 Å². The van der Waals surface area contributed by atoms with Crippen LogP contribution in [0.25, 0.3) is 10.7 Å². The van der Waals surface area contributed by atoms with Gasteiger partial charge in [0, 0.05) is 30.9 Å². The third-order valence-corrected chi connectivity index (χ3v) is 3.18. The molecular formula is C12H14N4O2S. The molecule has 100 valence electrons. The Hall–Kier alpha value is -1.86. The van der Waals surface area contributed by atoms with Crippen molar-refractivity contribution < 1.29 is 9.53 Å². The second-order valence-corrected chi connectivity index (χ2v) is 4.82. The van der Waals surface area contributed by atoms with Gasteiger partial charge in [-0.05, 0) is 6.92 Å². The third-order valence-electron chi connectivity index (χ3n) is 2.31. The zero-order valence-electron chi connectivity index (χ0n) is 10.7. The molecule has 0 aliphatic heterocycles. The number of hydrogen-bond donors (Lipinski definition) is 1. The van der Waals surface area contributed by atoms with Gasteiger partial charge in [0.05, 0.1) is 12.8 Å². The topological polar surface area (TPSA) is 77.0 Å². The molecule has 2 aromatic rings. The molecule has 0 aliphatic carbocycles. The molecular weight excluding hydrogens is 264 g/mol. The summed E-state index contributed by atoms with van der Waals surface area (Å²) >= 11 is 1.37. The second kappa shape index (κ2) is 6.35. The quantitative estimate of drug-likeness (QED) is 0.893. The van der Waals surface area contributed by atoms with Gasteiger partial charge in [0.2, 0.25) is 0 Å². The van der Waals surface area contributed by atoms with E-state index in [-0.39, 0.29) is 11.9 Å². The maximum atomic E-state index is 11.9. The van der Waals surface area contributed by atoms with E-state index in [1.165, 1.54) is 11.3 Å². The lowest BCUT2D eigenvalue weighted by molar-refractivity contribution is 0.0901. The number of methoxy groups -OCH3 is 1. The van der Waals surface area contributed by atoms with Crippen LogP contribution in [0, 0.1) is 0 Å². The number of ether oxygens (including phenoxy) is 1. The molecule has 1 amide bonds. The van der Waals surface area contributed by atoms with Crippen molar-refractivity contribution in [2.75, 3.05) is 13.7 Å². The monoisotopic (exact) mass is 278 g/mol. The molecule has 0 radical (unpaired) electrons. The van der Waals surface area contributed by atoms with Crippen LogP contribution in [-0.4, -0.2) is 40.6 Å². The van der Waals surface area contributed by atoms with Crippen molar-refractivity contribution in [1.82, 2.24) is 20.3 Å². The molecule has 0 saturated heterocycles. The Morgan fingerprint density at radius 2 is 2.37 bits per heavy atom. The minimum atomic E-state index is -0.212. The summed E-state index contributed by atoms with van der Waals surface area (Å²) in [6, 6.07) is -0.0563. The third kappa shape index (κ3) is 3.55. The van der Waals surface area contributed by atoms with Crippen molar-refractivity contribution in [2.24, 2.45) is 0 Å².